The molecular weight excluding hydrogens is 475 g/mol. The fourth-order valence-electron chi connectivity index (χ4n) is 2.83. The van der Waals surface area contributed by atoms with Crippen LogP contribution >= 0.6 is 34.8 Å². The van der Waals surface area contributed by atoms with Crippen molar-refractivity contribution in [1.29, 1.82) is 0 Å². The van der Waals surface area contributed by atoms with Crippen LogP contribution in [0.3, 0.4) is 0 Å². The Balaban J connectivity index is 1.76. The van der Waals surface area contributed by atoms with Crippen LogP contribution in [0.15, 0.2) is 47.6 Å². The summed E-state index contributed by atoms with van der Waals surface area (Å²) in [6, 6.07) is 7.49. The van der Waals surface area contributed by atoms with Crippen molar-refractivity contribution >= 4 is 61.6 Å². The van der Waals surface area contributed by atoms with Gasteiger partial charge in [-0.25, -0.2) is 22.9 Å². The normalized spacial score (nSPS) is 11.8. The molecule has 0 radical (unpaired) electrons. The van der Waals surface area contributed by atoms with Crippen molar-refractivity contribution in [3.05, 3.63) is 68.9 Å². The summed E-state index contributed by atoms with van der Waals surface area (Å²) in [6.45, 7) is 0. The van der Waals surface area contributed by atoms with Crippen LogP contribution in [0.1, 0.15) is 15.9 Å². The maximum atomic E-state index is 13.0. The van der Waals surface area contributed by atoms with Crippen molar-refractivity contribution in [3.8, 4) is 5.95 Å². The number of halogens is 3. The predicted octanol–water partition coefficient (Wildman–Crippen LogP) is 4.38. The Bertz CT molecular complexity index is 1390. The highest BCUT2D eigenvalue weighted by atomic mass is 35.5. The maximum Gasteiger partial charge on any atom is 0.338 e. The van der Waals surface area contributed by atoms with Crippen molar-refractivity contribution in [3.63, 3.8) is 0 Å². The molecule has 0 aliphatic carbocycles. The quantitative estimate of drug-likeness (QED) is 0.433. The van der Waals surface area contributed by atoms with E-state index in [1.807, 2.05) is 0 Å². The lowest BCUT2D eigenvalue weighted by Gasteiger charge is -2.09. The van der Waals surface area contributed by atoms with Crippen LogP contribution in [0.5, 0.6) is 0 Å². The van der Waals surface area contributed by atoms with Gasteiger partial charge in [0.2, 0.25) is 5.95 Å². The van der Waals surface area contributed by atoms with E-state index >= 15 is 0 Å². The Morgan fingerprint density at radius 3 is 2.47 bits per heavy atom. The van der Waals surface area contributed by atoms with Gasteiger partial charge in [-0.1, -0.05) is 40.9 Å². The standard InChI is InChI=1S/C18H11Cl3N4O4S/c19-11-2-1-3-12(20)10(11)8-30(28,29)16-5-15-14(4-13(16)21)23-18(24-15)25-7-9(6-22-25)17(26)27/h1-7H,8H2,(H,23,24)(H,26,27). The smallest absolute Gasteiger partial charge is 0.338 e. The largest absolute Gasteiger partial charge is 0.478 e. The van der Waals surface area contributed by atoms with Crippen molar-refractivity contribution in [1.82, 2.24) is 19.7 Å². The molecule has 0 fully saturated rings. The summed E-state index contributed by atoms with van der Waals surface area (Å²) in [5.41, 5.74) is 1.02. The van der Waals surface area contributed by atoms with E-state index in [0.29, 0.717) is 11.0 Å². The number of imidazole rings is 1. The molecule has 2 aromatic heterocycles. The number of hydrogen-bond acceptors (Lipinski definition) is 5. The van der Waals surface area contributed by atoms with Gasteiger partial charge in [0.25, 0.3) is 0 Å². The summed E-state index contributed by atoms with van der Waals surface area (Å²) in [4.78, 5) is 18.1. The summed E-state index contributed by atoms with van der Waals surface area (Å²) in [5, 5.41) is 13.4. The van der Waals surface area contributed by atoms with Crippen LogP contribution in [-0.2, 0) is 15.6 Å². The highest BCUT2D eigenvalue weighted by molar-refractivity contribution is 7.90. The van der Waals surface area contributed by atoms with Crippen molar-refractivity contribution in [2.24, 2.45) is 0 Å². The molecule has 2 heterocycles. The average Bonchev–Trinajstić information content (AvgIpc) is 3.30. The Morgan fingerprint density at radius 2 is 1.83 bits per heavy atom. The number of rotatable bonds is 5. The first kappa shape index (κ1) is 20.7. The number of aromatic nitrogens is 4. The van der Waals surface area contributed by atoms with E-state index in [9.17, 15) is 13.2 Å². The summed E-state index contributed by atoms with van der Waals surface area (Å²) in [6.07, 6.45) is 2.45. The number of hydrogen-bond donors (Lipinski definition) is 2. The number of carbonyl (C=O) groups is 1. The predicted molar refractivity (Wildman–Crippen MR) is 113 cm³/mol. The lowest BCUT2D eigenvalue weighted by atomic mass is 10.2. The minimum absolute atomic E-state index is 0.00688. The molecule has 0 atom stereocenters. The topological polar surface area (TPSA) is 118 Å². The second-order valence-corrected chi connectivity index (χ2v) is 9.48. The molecule has 2 N–H and O–H groups in total. The number of benzene rings is 2. The number of carboxylic acids is 1. The monoisotopic (exact) mass is 484 g/mol. The number of carboxylic acid groups (broad SMARTS) is 1. The van der Waals surface area contributed by atoms with E-state index in [1.54, 1.807) is 18.2 Å². The maximum absolute atomic E-state index is 13.0. The molecule has 30 heavy (non-hydrogen) atoms. The van der Waals surface area contributed by atoms with Crippen LogP contribution < -0.4 is 0 Å². The lowest BCUT2D eigenvalue weighted by molar-refractivity contribution is 0.0697. The van der Waals surface area contributed by atoms with Crippen LogP contribution in [-0.4, -0.2) is 39.2 Å². The zero-order valence-corrected chi connectivity index (χ0v) is 17.9. The molecule has 0 unspecified atom stereocenters. The molecule has 0 amide bonds. The van der Waals surface area contributed by atoms with Gasteiger partial charge in [-0.15, -0.1) is 0 Å². The number of aromatic amines is 1. The Kier molecular flexibility index (Phi) is 5.23. The second kappa shape index (κ2) is 7.59. The van der Waals surface area contributed by atoms with Crippen LogP contribution in [0.25, 0.3) is 17.0 Å². The molecule has 0 saturated heterocycles. The summed E-state index contributed by atoms with van der Waals surface area (Å²) >= 11 is 18.4. The van der Waals surface area contributed by atoms with Gasteiger partial charge in [0.1, 0.15) is 0 Å². The van der Waals surface area contributed by atoms with E-state index in [1.165, 1.54) is 29.2 Å². The number of fused-ring (bicyclic) bond motifs is 1. The van der Waals surface area contributed by atoms with Crippen molar-refractivity contribution < 1.29 is 18.3 Å². The van der Waals surface area contributed by atoms with E-state index < -0.39 is 21.6 Å². The minimum Gasteiger partial charge on any atom is -0.478 e. The molecule has 0 bridgehead atoms. The lowest BCUT2D eigenvalue weighted by Crippen LogP contribution is -2.07. The molecule has 0 aliphatic heterocycles. The zero-order valence-electron chi connectivity index (χ0n) is 14.8. The van der Waals surface area contributed by atoms with E-state index in [0.717, 1.165) is 0 Å². The van der Waals surface area contributed by atoms with Gasteiger partial charge in [0, 0.05) is 21.8 Å². The van der Waals surface area contributed by atoms with Gasteiger partial charge in [0.05, 0.1) is 38.5 Å². The highest BCUT2D eigenvalue weighted by Gasteiger charge is 2.23. The van der Waals surface area contributed by atoms with Gasteiger partial charge in [-0.3, -0.25) is 0 Å². The van der Waals surface area contributed by atoms with Crippen LogP contribution in [0, 0.1) is 0 Å². The molecule has 4 aromatic rings. The Morgan fingerprint density at radius 1 is 1.13 bits per heavy atom. The number of aromatic carboxylic acids is 1. The van der Waals surface area contributed by atoms with Gasteiger partial charge in [-0.2, -0.15) is 5.10 Å². The SMILES string of the molecule is O=C(O)c1cnn(-c2nc3cc(S(=O)(=O)Cc4c(Cl)cccc4Cl)c(Cl)cc3[nH]2)c1. The second-order valence-electron chi connectivity index (χ2n) is 6.30. The molecule has 2 aromatic carbocycles. The van der Waals surface area contributed by atoms with Crippen LogP contribution in [0.4, 0.5) is 0 Å². The third kappa shape index (κ3) is 3.77. The summed E-state index contributed by atoms with van der Waals surface area (Å²) in [5.74, 6) is -1.36. The number of H-pyrrole nitrogens is 1. The fourth-order valence-corrected chi connectivity index (χ4v) is 5.53. The van der Waals surface area contributed by atoms with Crippen LogP contribution in [0.2, 0.25) is 15.1 Å². The number of nitrogens with one attached hydrogen (secondary N) is 1. The minimum atomic E-state index is -3.90. The first-order chi connectivity index (χ1) is 14.2. The number of nitrogens with zero attached hydrogens (tertiary/aromatic N) is 3. The average molecular weight is 486 g/mol. The molecule has 154 valence electrons. The summed E-state index contributed by atoms with van der Waals surface area (Å²) < 4.78 is 27.2. The van der Waals surface area contributed by atoms with E-state index in [4.69, 9.17) is 39.9 Å². The third-order valence-corrected chi connectivity index (χ3v) is 7.11. The Hall–Kier alpha value is -2.59. The Labute approximate surface area is 184 Å². The number of sulfone groups is 1. The summed E-state index contributed by atoms with van der Waals surface area (Å²) in [7, 11) is -3.90. The van der Waals surface area contributed by atoms with Crippen molar-refractivity contribution in [2.75, 3.05) is 0 Å². The highest BCUT2D eigenvalue weighted by Crippen LogP contribution is 2.33. The molecule has 12 heteroatoms. The molecular formula is C18H11Cl3N4O4S. The molecule has 0 saturated carbocycles. The molecule has 4 rings (SSSR count). The van der Waals surface area contributed by atoms with Gasteiger partial charge < -0.3 is 10.1 Å². The van der Waals surface area contributed by atoms with Gasteiger partial charge >= 0.3 is 5.97 Å². The van der Waals surface area contributed by atoms with Gasteiger partial charge in [-0.05, 0) is 24.3 Å². The fraction of sp³-hybridized carbons (Fsp3) is 0.0556. The zero-order chi connectivity index (χ0) is 21.6. The van der Waals surface area contributed by atoms with E-state index in [-0.39, 0.29) is 37.0 Å². The first-order valence-electron chi connectivity index (χ1n) is 8.29. The molecule has 8 nitrogen and oxygen atoms in total. The molecule has 0 aliphatic rings. The van der Waals surface area contributed by atoms with Crippen molar-refractivity contribution in [2.45, 2.75) is 10.6 Å². The third-order valence-electron chi connectivity index (χ3n) is 4.30. The van der Waals surface area contributed by atoms with E-state index in [2.05, 4.69) is 15.1 Å². The molecule has 0 spiro atoms. The van der Waals surface area contributed by atoms with Gasteiger partial charge in [0.15, 0.2) is 9.84 Å². The first-order valence-corrected chi connectivity index (χ1v) is 11.1.